The van der Waals surface area contributed by atoms with Gasteiger partial charge in [-0.15, -0.1) is 0 Å². The van der Waals surface area contributed by atoms with E-state index in [4.69, 9.17) is 4.74 Å². The number of hydrogen-bond acceptors (Lipinski definition) is 2. The molecule has 0 saturated heterocycles. The van der Waals surface area contributed by atoms with Crippen LogP contribution in [0, 0.1) is 0 Å². The molecule has 0 aromatic heterocycles. The van der Waals surface area contributed by atoms with E-state index in [9.17, 15) is 4.79 Å². The Morgan fingerprint density at radius 1 is 1.46 bits per heavy atom. The molecular formula is C9H18ClNO2. The summed E-state index contributed by atoms with van der Waals surface area (Å²) >= 11 is 0. The Morgan fingerprint density at radius 2 is 2.00 bits per heavy atom. The molecule has 0 amide bonds. The minimum Gasteiger partial charge on any atom is -1.00 e. The molecule has 1 unspecified atom stereocenters. The average Bonchev–Trinajstić information content (AvgIpc) is 1.96. The summed E-state index contributed by atoms with van der Waals surface area (Å²) in [5.74, 6) is 1.68. The maximum Gasteiger partial charge on any atom is 0.122 e. The van der Waals surface area contributed by atoms with Crippen LogP contribution in [-0.4, -0.2) is 50.8 Å². The summed E-state index contributed by atoms with van der Waals surface area (Å²) in [5.41, 5.74) is 0. The molecule has 0 rings (SSSR count). The zero-order chi connectivity index (χ0) is 9.61. The third kappa shape index (κ3) is 8.00. The highest BCUT2D eigenvalue weighted by molar-refractivity contribution is 5.44. The molecule has 0 N–H and O–H groups in total. The molecule has 1 atom stereocenters. The molecule has 0 aliphatic rings. The molecule has 0 bridgehead atoms. The fourth-order valence-corrected chi connectivity index (χ4v) is 0.555. The predicted molar refractivity (Wildman–Crippen MR) is 48.6 cm³/mol. The van der Waals surface area contributed by atoms with Crippen molar-refractivity contribution in [2.75, 3.05) is 34.4 Å². The van der Waals surface area contributed by atoms with E-state index < -0.39 is 0 Å². The second-order valence-electron chi connectivity index (χ2n) is 3.82. The van der Waals surface area contributed by atoms with Crippen LogP contribution in [0.4, 0.5) is 0 Å². The van der Waals surface area contributed by atoms with Crippen LogP contribution in [0.15, 0.2) is 6.08 Å². The van der Waals surface area contributed by atoms with Gasteiger partial charge in [0.05, 0.1) is 34.4 Å². The number of ether oxygens (including phenoxy) is 1. The summed E-state index contributed by atoms with van der Waals surface area (Å²) in [6, 6.07) is 0.435. The van der Waals surface area contributed by atoms with Gasteiger partial charge in [-0.1, -0.05) is 0 Å². The van der Waals surface area contributed by atoms with Crippen molar-refractivity contribution in [3.05, 3.63) is 6.08 Å². The number of quaternary nitrogens is 1. The summed E-state index contributed by atoms with van der Waals surface area (Å²) in [6.07, 6.45) is 1.35. The number of rotatable bonds is 5. The molecule has 0 aromatic rings. The molecule has 0 aromatic carbocycles. The SMILES string of the molecule is CC(COCC=C=O)[N+](C)(C)C.[Cl-]. The fraction of sp³-hybridized carbons (Fsp3) is 0.778. The summed E-state index contributed by atoms with van der Waals surface area (Å²) < 4.78 is 6.09. The van der Waals surface area contributed by atoms with Gasteiger partial charge in [-0.25, -0.2) is 4.79 Å². The van der Waals surface area contributed by atoms with Crippen molar-refractivity contribution in [1.82, 2.24) is 0 Å². The molecule has 13 heavy (non-hydrogen) atoms. The van der Waals surface area contributed by atoms with Gasteiger partial charge in [0.1, 0.15) is 12.0 Å². The predicted octanol–water partition coefficient (Wildman–Crippen LogP) is -2.51. The first kappa shape index (κ1) is 15.1. The van der Waals surface area contributed by atoms with Gasteiger partial charge in [0, 0.05) is 6.08 Å². The van der Waals surface area contributed by atoms with E-state index in [1.165, 1.54) is 6.08 Å². The lowest BCUT2D eigenvalue weighted by Crippen LogP contribution is -3.00. The van der Waals surface area contributed by atoms with Crippen LogP contribution < -0.4 is 12.4 Å². The van der Waals surface area contributed by atoms with E-state index >= 15 is 0 Å². The Bertz CT molecular complexity index is 171. The van der Waals surface area contributed by atoms with E-state index in [1.54, 1.807) is 5.94 Å². The van der Waals surface area contributed by atoms with Crippen LogP contribution in [-0.2, 0) is 9.53 Å². The first-order chi connectivity index (χ1) is 5.48. The fourth-order valence-electron chi connectivity index (χ4n) is 0.555. The Hall–Kier alpha value is -0.340. The van der Waals surface area contributed by atoms with Gasteiger partial charge in [-0.3, -0.25) is 0 Å². The molecule has 0 fully saturated rings. The summed E-state index contributed by atoms with van der Waals surface area (Å²) in [7, 11) is 6.34. The van der Waals surface area contributed by atoms with Crippen LogP contribution in [0.5, 0.6) is 0 Å². The van der Waals surface area contributed by atoms with Gasteiger partial charge in [-0.05, 0) is 6.92 Å². The van der Waals surface area contributed by atoms with Crippen LogP contribution in [0.3, 0.4) is 0 Å². The first-order valence-corrected chi connectivity index (χ1v) is 4.06. The number of nitrogens with zero attached hydrogens (tertiary/aromatic N) is 1. The highest BCUT2D eigenvalue weighted by atomic mass is 35.5. The van der Waals surface area contributed by atoms with E-state index in [-0.39, 0.29) is 12.4 Å². The zero-order valence-electron chi connectivity index (χ0n) is 8.71. The van der Waals surface area contributed by atoms with Crippen molar-refractivity contribution in [1.29, 1.82) is 0 Å². The van der Waals surface area contributed by atoms with E-state index in [2.05, 4.69) is 28.1 Å². The van der Waals surface area contributed by atoms with Crippen LogP contribution in [0.2, 0.25) is 0 Å². The van der Waals surface area contributed by atoms with E-state index in [0.717, 1.165) is 4.48 Å². The minimum absolute atomic E-state index is 0. The van der Waals surface area contributed by atoms with Gasteiger partial charge in [0.15, 0.2) is 0 Å². The number of carbonyl (C=O) groups excluding carboxylic acids is 1. The lowest BCUT2D eigenvalue weighted by atomic mass is 10.3. The quantitative estimate of drug-likeness (QED) is 0.283. The van der Waals surface area contributed by atoms with Crippen molar-refractivity contribution in [3.63, 3.8) is 0 Å². The van der Waals surface area contributed by atoms with Crippen molar-refractivity contribution in [3.8, 4) is 0 Å². The Labute approximate surface area is 86.4 Å². The molecule has 78 valence electrons. The number of halogens is 1. The molecule has 0 spiro atoms. The second kappa shape index (κ2) is 7.10. The van der Waals surface area contributed by atoms with Crippen molar-refractivity contribution in [2.45, 2.75) is 13.0 Å². The number of hydrogen-bond donors (Lipinski definition) is 0. The smallest absolute Gasteiger partial charge is 0.122 e. The average molecular weight is 208 g/mol. The largest absolute Gasteiger partial charge is 1.00 e. The third-order valence-electron chi connectivity index (χ3n) is 1.97. The van der Waals surface area contributed by atoms with E-state index in [1.807, 2.05) is 0 Å². The Balaban J connectivity index is 0. The van der Waals surface area contributed by atoms with E-state index in [0.29, 0.717) is 19.3 Å². The van der Waals surface area contributed by atoms with Crippen molar-refractivity contribution >= 4 is 5.94 Å². The van der Waals surface area contributed by atoms with Crippen LogP contribution in [0.25, 0.3) is 0 Å². The maximum atomic E-state index is 9.78. The lowest BCUT2D eigenvalue weighted by Gasteiger charge is -2.31. The maximum absolute atomic E-state index is 9.78. The highest BCUT2D eigenvalue weighted by Crippen LogP contribution is 2.01. The number of likely N-dealkylation sites (N-methyl/N-ethyl adjacent to an activating group) is 1. The van der Waals surface area contributed by atoms with Crippen molar-refractivity contribution < 1.29 is 26.4 Å². The monoisotopic (exact) mass is 207 g/mol. The van der Waals surface area contributed by atoms with Gasteiger partial charge in [0.25, 0.3) is 0 Å². The van der Waals surface area contributed by atoms with Crippen LogP contribution >= 0.6 is 0 Å². The molecule has 0 radical (unpaired) electrons. The lowest BCUT2D eigenvalue weighted by molar-refractivity contribution is -0.894. The Morgan fingerprint density at radius 3 is 2.38 bits per heavy atom. The van der Waals surface area contributed by atoms with Gasteiger partial charge >= 0.3 is 0 Å². The van der Waals surface area contributed by atoms with Crippen LogP contribution in [0.1, 0.15) is 6.92 Å². The van der Waals surface area contributed by atoms with Gasteiger partial charge < -0.3 is 21.6 Å². The van der Waals surface area contributed by atoms with Gasteiger partial charge in [0.2, 0.25) is 0 Å². The summed E-state index contributed by atoms with van der Waals surface area (Å²) in [5, 5.41) is 0. The Kier molecular flexibility index (Phi) is 8.27. The first-order valence-electron chi connectivity index (χ1n) is 4.06. The summed E-state index contributed by atoms with van der Waals surface area (Å²) in [6.45, 7) is 3.15. The minimum atomic E-state index is 0. The molecular weight excluding hydrogens is 190 g/mol. The second-order valence-corrected chi connectivity index (χ2v) is 3.82. The third-order valence-corrected chi connectivity index (χ3v) is 1.97. The molecule has 3 nitrogen and oxygen atoms in total. The normalized spacial score (nSPS) is 12.6. The van der Waals surface area contributed by atoms with Gasteiger partial charge in [-0.2, -0.15) is 0 Å². The summed E-state index contributed by atoms with van der Waals surface area (Å²) in [4.78, 5) is 9.78. The zero-order valence-corrected chi connectivity index (χ0v) is 9.47. The highest BCUT2D eigenvalue weighted by Gasteiger charge is 2.17. The molecule has 4 heteroatoms. The molecule has 0 saturated carbocycles. The molecule has 0 aliphatic heterocycles. The topological polar surface area (TPSA) is 26.3 Å². The molecule has 0 heterocycles. The standard InChI is InChI=1S/C9H18NO2.ClH/c1-9(10(2,3)4)8-12-7-5-6-11;/h5,9H,7-8H2,1-4H3;1H/q+1;/p-1. The van der Waals surface area contributed by atoms with Crippen molar-refractivity contribution in [2.24, 2.45) is 0 Å². The molecule has 0 aliphatic carbocycles.